The second-order valence-electron chi connectivity index (χ2n) is 8.80. The molecule has 5 N–H and O–H groups in total. The number of aromatic nitrogens is 2. The van der Waals surface area contributed by atoms with Gasteiger partial charge in [0.1, 0.15) is 5.82 Å². The van der Waals surface area contributed by atoms with Crippen LogP contribution in [0.3, 0.4) is 0 Å². The Labute approximate surface area is 210 Å². The maximum absolute atomic E-state index is 14.4. The van der Waals surface area contributed by atoms with Crippen molar-refractivity contribution in [3.63, 3.8) is 0 Å². The lowest BCUT2D eigenvalue weighted by Crippen LogP contribution is -2.42. The molecule has 2 aromatic heterocycles. The highest BCUT2D eigenvalue weighted by molar-refractivity contribution is 7.15. The summed E-state index contributed by atoms with van der Waals surface area (Å²) >= 11 is 1.64. The largest absolute Gasteiger partial charge is 0.481 e. The van der Waals surface area contributed by atoms with Gasteiger partial charge < -0.3 is 25.7 Å². The van der Waals surface area contributed by atoms with Crippen molar-refractivity contribution >= 4 is 34.2 Å². The second kappa shape index (κ2) is 11.1. The van der Waals surface area contributed by atoms with Crippen LogP contribution in [0.5, 0.6) is 0 Å². The highest BCUT2D eigenvalue weighted by Gasteiger charge is 2.41. The SMILES string of the molecule is Cc1nc2sccn2c1CNC1(c2ccccc2F)CCCC1.O=C(O)CC(O)(CC(=O)O)C(=O)O. The van der Waals surface area contributed by atoms with E-state index in [9.17, 15) is 18.8 Å². The summed E-state index contributed by atoms with van der Waals surface area (Å²) in [5.41, 5.74) is 0.0337. The Balaban J connectivity index is 0.000000240. The molecule has 12 heteroatoms. The molecule has 2 heterocycles. The maximum Gasteiger partial charge on any atom is 0.336 e. The molecule has 1 saturated carbocycles. The van der Waals surface area contributed by atoms with Crippen LogP contribution in [0.25, 0.3) is 4.96 Å². The second-order valence-corrected chi connectivity index (χ2v) is 9.67. The monoisotopic (exact) mass is 521 g/mol. The molecular formula is C24H28FN3O7S. The van der Waals surface area contributed by atoms with E-state index in [1.165, 1.54) is 5.69 Å². The fraction of sp³-hybridized carbons (Fsp3) is 0.417. The number of benzene rings is 1. The predicted molar refractivity (Wildman–Crippen MR) is 128 cm³/mol. The Bertz CT molecular complexity index is 1230. The number of aliphatic carboxylic acids is 3. The number of hydrogen-bond acceptors (Lipinski definition) is 7. The minimum atomic E-state index is -2.74. The maximum atomic E-state index is 14.4. The first-order chi connectivity index (χ1) is 17.0. The molecule has 1 fully saturated rings. The Morgan fingerprint density at radius 1 is 1.14 bits per heavy atom. The third-order valence-corrected chi connectivity index (χ3v) is 7.04. The number of aryl methyl sites for hydroxylation is 1. The minimum Gasteiger partial charge on any atom is -0.481 e. The fourth-order valence-electron chi connectivity index (χ4n) is 4.49. The summed E-state index contributed by atoms with van der Waals surface area (Å²) < 4.78 is 16.5. The summed E-state index contributed by atoms with van der Waals surface area (Å²) in [7, 11) is 0. The average molecular weight is 522 g/mol. The van der Waals surface area contributed by atoms with Gasteiger partial charge in [-0.1, -0.05) is 31.0 Å². The molecule has 194 valence electrons. The lowest BCUT2D eigenvalue weighted by atomic mass is 9.87. The zero-order chi connectivity index (χ0) is 26.5. The van der Waals surface area contributed by atoms with Gasteiger partial charge in [-0.15, -0.1) is 11.3 Å². The molecule has 0 radical (unpaired) electrons. The average Bonchev–Trinajstić information content (AvgIpc) is 3.49. The number of carboxylic acids is 3. The third kappa shape index (κ3) is 6.07. The molecule has 3 aromatic rings. The Morgan fingerprint density at radius 2 is 1.75 bits per heavy atom. The van der Waals surface area contributed by atoms with Gasteiger partial charge >= 0.3 is 17.9 Å². The number of nitrogens with one attached hydrogen (secondary N) is 1. The van der Waals surface area contributed by atoms with Gasteiger partial charge in [0.25, 0.3) is 0 Å². The van der Waals surface area contributed by atoms with Gasteiger partial charge in [0, 0.05) is 29.2 Å². The molecule has 10 nitrogen and oxygen atoms in total. The van der Waals surface area contributed by atoms with E-state index in [-0.39, 0.29) is 11.4 Å². The van der Waals surface area contributed by atoms with Crippen molar-refractivity contribution in [3.05, 3.63) is 58.6 Å². The predicted octanol–water partition coefficient (Wildman–Crippen LogP) is 3.15. The van der Waals surface area contributed by atoms with Crippen molar-refractivity contribution < 1.29 is 39.2 Å². The third-order valence-electron chi connectivity index (χ3n) is 6.29. The van der Waals surface area contributed by atoms with Crippen LogP contribution < -0.4 is 5.32 Å². The number of hydrogen-bond donors (Lipinski definition) is 5. The number of carboxylic acid groups (broad SMARTS) is 3. The van der Waals surface area contributed by atoms with Crippen LogP contribution in [0.1, 0.15) is 55.5 Å². The first-order valence-electron chi connectivity index (χ1n) is 11.3. The molecule has 0 bridgehead atoms. The van der Waals surface area contributed by atoms with Gasteiger partial charge in [-0.25, -0.2) is 14.2 Å². The Kier molecular flexibility index (Phi) is 8.43. The molecule has 1 aliphatic carbocycles. The molecule has 36 heavy (non-hydrogen) atoms. The number of carbonyl (C=O) groups is 3. The molecule has 0 aliphatic heterocycles. The number of thiazole rings is 1. The zero-order valence-electron chi connectivity index (χ0n) is 19.6. The van der Waals surface area contributed by atoms with Crippen LogP contribution in [0.4, 0.5) is 4.39 Å². The summed E-state index contributed by atoms with van der Waals surface area (Å²) in [6, 6.07) is 7.19. The molecular weight excluding hydrogens is 493 g/mol. The lowest BCUT2D eigenvalue weighted by Gasteiger charge is -2.31. The highest BCUT2D eigenvalue weighted by Crippen LogP contribution is 2.40. The normalized spacial score (nSPS) is 14.9. The van der Waals surface area contributed by atoms with Crippen LogP contribution in [-0.2, 0) is 26.5 Å². The quantitative estimate of drug-likeness (QED) is 0.285. The van der Waals surface area contributed by atoms with Crippen molar-refractivity contribution in [2.45, 2.75) is 63.1 Å². The van der Waals surface area contributed by atoms with Crippen LogP contribution in [0.15, 0.2) is 35.8 Å². The number of imidazole rings is 1. The van der Waals surface area contributed by atoms with Crippen molar-refractivity contribution in [1.29, 1.82) is 0 Å². The van der Waals surface area contributed by atoms with E-state index in [2.05, 4.69) is 20.9 Å². The van der Waals surface area contributed by atoms with E-state index in [1.54, 1.807) is 23.5 Å². The number of aliphatic hydroxyl groups is 1. The number of rotatable bonds is 9. The van der Waals surface area contributed by atoms with Gasteiger partial charge in [-0.2, -0.15) is 0 Å². The van der Waals surface area contributed by atoms with Crippen LogP contribution in [0.2, 0.25) is 0 Å². The van der Waals surface area contributed by atoms with Crippen molar-refractivity contribution in [2.24, 2.45) is 0 Å². The summed E-state index contributed by atoms with van der Waals surface area (Å²) in [5.74, 6) is -5.12. The van der Waals surface area contributed by atoms with Crippen LogP contribution in [0, 0.1) is 12.7 Å². The standard InChI is InChI=1S/C18H20FN3S.C6H8O7/c1-13-16(22-10-11-23-17(22)21-13)12-20-18(8-4-5-9-18)14-6-2-3-7-15(14)19;7-3(8)1-6(13,5(11)12)2-4(9)10/h2-3,6-7,10-11,20H,4-5,8-9,12H2,1H3;13H,1-2H2,(H,7,8)(H,9,10)(H,11,12). The molecule has 0 spiro atoms. The van der Waals surface area contributed by atoms with Gasteiger partial charge in [-0.05, 0) is 25.8 Å². The lowest BCUT2D eigenvalue weighted by molar-refractivity contribution is -0.170. The van der Waals surface area contributed by atoms with E-state index in [1.807, 2.05) is 24.4 Å². The van der Waals surface area contributed by atoms with Crippen molar-refractivity contribution in [1.82, 2.24) is 14.7 Å². The summed E-state index contributed by atoms with van der Waals surface area (Å²) in [6.45, 7) is 2.75. The van der Waals surface area contributed by atoms with Gasteiger partial charge in [-0.3, -0.25) is 14.0 Å². The molecule has 0 atom stereocenters. The molecule has 1 aromatic carbocycles. The fourth-order valence-corrected chi connectivity index (χ4v) is 5.27. The van der Waals surface area contributed by atoms with E-state index in [0.717, 1.165) is 41.9 Å². The molecule has 4 rings (SSSR count). The van der Waals surface area contributed by atoms with Gasteiger partial charge in [0.05, 0.1) is 24.2 Å². The number of halogens is 1. The van der Waals surface area contributed by atoms with Crippen LogP contribution >= 0.6 is 11.3 Å². The first-order valence-corrected chi connectivity index (χ1v) is 12.2. The molecule has 0 unspecified atom stereocenters. The van der Waals surface area contributed by atoms with Gasteiger partial charge in [0.2, 0.25) is 0 Å². The molecule has 1 aliphatic rings. The summed E-state index contributed by atoms with van der Waals surface area (Å²) in [5, 5.41) is 39.5. The smallest absolute Gasteiger partial charge is 0.336 e. The van der Waals surface area contributed by atoms with E-state index < -0.39 is 36.4 Å². The van der Waals surface area contributed by atoms with Gasteiger partial charge in [0.15, 0.2) is 10.6 Å². The first kappa shape index (κ1) is 27.2. The van der Waals surface area contributed by atoms with E-state index in [0.29, 0.717) is 6.54 Å². The summed E-state index contributed by atoms with van der Waals surface area (Å²) in [4.78, 5) is 36.1. The zero-order valence-corrected chi connectivity index (χ0v) is 20.4. The van der Waals surface area contributed by atoms with E-state index in [4.69, 9.17) is 20.4 Å². The van der Waals surface area contributed by atoms with Crippen LogP contribution in [-0.4, -0.2) is 53.3 Å². The van der Waals surface area contributed by atoms with Crippen molar-refractivity contribution in [2.75, 3.05) is 0 Å². The Hall–Kier alpha value is -3.35. The Morgan fingerprint density at radius 3 is 2.31 bits per heavy atom. The van der Waals surface area contributed by atoms with E-state index >= 15 is 0 Å². The summed E-state index contributed by atoms with van der Waals surface area (Å²) in [6.07, 6.45) is 4.02. The number of nitrogens with zero attached hydrogens (tertiary/aromatic N) is 2. The highest BCUT2D eigenvalue weighted by atomic mass is 32.1. The molecule has 0 amide bonds. The number of fused-ring (bicyclic) bond motifs is 1. The van der Waals surface area contributed by atoms with Crippen molar-refractivity contribution in [3.8, 4) is 0 Å². The molecule has 0 saturated heterocycles. The topological polar surface area (TPSA) is 161 Å². The minimum absolute atomic E-state index is 0.104.